The Bertz CT molecular complexity index is 466. The molecule has 1 fully saturated rings. The molecule has 0 amide bonds. The Kier molecular flexibility index (Phi) is 3.54. The largest absolute Gasteiger partial charge is 0.490 e. The number of anilines is 1. The molecule has 5 heteroatoms. The summed E-state index contributed by atoms with van der Waals surface area (Å²) in [5.74, 6) is 1.78. The van der Waals surface area contributed by atoms with Crippen molar-refractivity contribution in [2.45, 2.75) is 32.4 Å². The van der Waals surface area contributed by atoms with Crippen LogP contribution in [0.15, 0.2) is 12.3 Å². The molecule has 0 aliphatic carbocycles. The van der Waals surface area contributed by atoms with Crippen LogP contribution < -0.4 is 9.64 Å². The highest BCUT2D eigenvalue weighted by molar-refractivity contribution is 6.30. The van der Waals surface area contributed by atoms with Crippen LogP contribution in [0.25, 0.3) is 0 Å². The molecule has 0 radical (unpaired) electrons. The number of hydrogen-bond donors (Lipinski definition) is 0. The minimum absolute atomic E-state index is 0.492. The van der Waals surface area contributed by atoms with Crippen LogP contribution in [0.3, 0.4) is 0 Å². The molecule has 0 unspecified atom stereocenters. The fourth-order valence-electron chi connectivity index (χ4n) is 2.91. The monoisotopic (exact) mass is 281 g/mol. The maximum Gasteiger partial charge on any atom is 0.171 e. The number of halogens is 1. The summed E-state index contributed by atoms with van der Waals surface area (Å²) in [6, 6.07) is 2.97. The van der Waals surface area contributed by atoms with Gasteiger partial charge in [0.05, 0.1) is 11.6 Å². The predicted octanol–water partition coefficient (Wildman–Crippen LogP) is 2.42. The van der Waals surface area contributed by atoms with Crippen LogP contribution in [0, 0.1) is 0 Å². The third-order valence-corrected chi connectivity index (χ3v) is 4.23. The predicted molar refractivity (Wildman–Crippen MR) is 77.2 cm³/mol. The number of rotatable bonds is 1. The molecule has 0 bridgehead atoms. The van der Waals surface area contributed by atoms with Gasteiger partial charge in [-0.2, -0.15) is 0 Å². The average molecular weight is 282 g/mol. The first-order chi connectivity index (χ1) is 9.15. The molecule has 1 atom stereocenters. The summed E-state index contributed by atoms with van der Waals surface area (Å²) in [6.07, 6.45) is 2.75. The molecule has 4 nitrogen and oxygen atoms in total. The number of fused-ring (bicyclic) bond motifs is 3. The van der Waals surface area contributed by atoms with E-state index in [2.05, 4.69) is 28.6 Å². The quantitative estimate of drug-likeness (QED) is 0.790. The maximum absolute atomic E-state index is 6.00. The zero-order valence-corrected chi connectivity index (χ0v) is 12.2. The lowest BCUT2D eigenvalue weighted by Gasteiger charge is -2.42. The SMILES string of the molecule is CC(C)N1CCN2c3ncc(Cl)cc3OCC[C@@H]2C1. The second kappa shape index (κ2) is 5.17. The Morgan fingerprint density at radius 2 is 2.26 bits per heavy atom. The van der Waals surface area contributed by atoms with E-state index in [0.717, 1.165) is 44.2 Å². The minimum atomic E-state index is 0.492. The van der Waals surface area contributed by atoms with Gasteiger partial charge >= 0.3 is 0 Å². The second-order valence-electron chi connectivity index (χ2n) is 5.55. The Balaban J connectivity index is 1.87. The zero-order valence-electron chi connectivity index (χ0n) is 11.5. The lowest BCUT2D eigenvalue weighted by Crippen LogP contribution is -2.55. The summed E-state index contributed by atoms with van der Waals surface area (Å²) in [5, 5.41) is 0.637. The Morgan fingerprint density at radius 1 is 1.42 bits per heavy atom. The molecule has 0 spiro atoms. The Hall–Kier alpha value is -1.00. The lowest BCUT2D eigenvalue weighted by atomic mass is 10.1. The molecule has 19 heavy (non-hydrogen) atoms. The van der Waals surface area contributed by atoms with Crippen LogP contribution >= 0.6 is 11.6 Å². The van der Waals surface area contributed by atoms with Crippen LogP contribution in [0.1, 0.15) is 20.3 Å². The molecule has 0 aromatic carbocycles. The summed E-state index contributed by atoms with van der Waals surface area (Å²) in [7, 11) is 0. The number of aromatic nitrogens is 1. The van der Waals surface area contributed by atoms with E-state index >= 15 is 0 Å². The van der Waals surface area contributed by atoms with Crippen LogP contribution in [-0.2, 0) is 0 Å². The topological polar surface area (TPSA) is 28.6 Å². The van der Waals surface area contributed by atoms with E-state index in [1.54, 1.807) is 6.20 Å². The number of pyridine rings is 1. The van der Waals surface area contributed by atoms with E-state index in [4.69, 9.17) is 16.3 Å². The standard InChI is InChI=1S/C14H20ClN3O/c1-10(2)17-4-5-18-12(9-17)3-6-19-13-7-11(15)8-16-14(13)18/h7-8,10,12H,3-6,9H2,1-2H3/t12-/m1/s1. The van der Waals surface area contributed by atoms with Gasteiger partial charge < -0.3 is 9.64 Å². The van der Waals surface area contributed by atoms with Gasteiger partial charge in [-0.15, -0.1) is 0 Å². The smallest absolute Gasteiger partial charge is 0.171 e. The molecule has 2 aliphatic heterocycles. The van der Waals surface area contributed by atoms with Gasteiger partial charge in [-0.25, -0.2) is 4.98 Å². The van der Waals surface area contributed by atoms with E-state index in [0.29, 0.717) is 17.1 Å². The number of hydrogen-bond acceptors (Lipinski definition) is 4. The van der Waals surface area contributed by atoms with Crippen LogP contribution in [0.2, 0.25) is 5.02 Å². The van der Waals surface area contributed by atoms with E-state index in [1.807, 2.05) is 6.07 Å². The van der Waals surface area contributed by atoms with Crippen LogP contribution in [0.4, 0.5) is 5.82 Å². The van der Waals surface area contributed by atoms with Gasteiger partial charge in [0, 0.05) is 50.4 Å². The molecule has 2 aliphatic rings. The highest BCUT2D eigenvalue weighted by Gasteiger charge is 2.32. The average Bonchev–Trinajstić information content (AvgIpc) is 2.56. The number of piperazine rings is 1. The van der Waals surface area contributed by atoms with Crippen molar-refractivity contribution in [3.05, 3.63) is 17.3 Å². The summed E-state index contributed by atoms with van der Waals surface area (Å²) in [4.78, 5) is 9.40. The van der Waals surface area contributed by atoms with Crippen molar-refractivity contribution in [1.29, 1.82) is 0 Å². The first-order valence-corrected chi connectivity index (χ1v) is 7.32. The fourth-order valence-corrected chi connectivity index (χ4v) is 3.06. The van der Waals surface area contributed by atoms with Crippen LogP contribution in [-0.4, -0.2) is 48.2 Å². The molecule has 0 N–H and O–H groups in total. The second-order valence-corrected chi connectivity index (χ2v) is 5.98. The first-order valence-electron chi connectivity index (χ1n) is 6.94. The van der Waals surface area contributed by atoms with Crippen molar-refractivity contribution in [3.8, 4) is 5.75 Å². The molecule has 1 aromatic rings. The van der Waals surface area contributed by atoms with Crippen LogP contribution in [0.5, 0.6) is 5.75 Å². The van der Waals surface area contributed by atoms with E-state index in [9.17, 15) is 0 Å². The Labute approximate surface area is 119 Å². The third-order valence-electron chi connectivity index (χ3n) is 4.02. The van der Waals surface area contributed by atoms with E-state index in [1.165, 1.54) is 0 Å². The molecule has 3 heterocycles. The highest BCUT2D eigenvalue weighted by Crippen LogP contribution is 2.34. The highest BCUT2D eigenvalue weighted by atomic mass is 35.5. The van der Waals surface area contributed by atoms with Gasteiger partial charge in [-0.3, -0.25) is 4.90 Å². The normalized spacial score (nSPS) is 23.6. The van der Waals surface area contributed by atoms with Crippen molar-refractivity contribution >= 4 is 17.4 Å². The van der Waals surface area contributed by atoms with Gasteiger partial charge in [0.15, 0.2) is 11.6 Å². The van der Waals surface area contributed by atoms with Crippen molar-refractivity contribution in [2.75, 3.05) is 31.1 Å². The zero-order chi connectivity index (χ0) is 13.4. The molecular formula is C14H20ClN3O. The number of nitrogens with zero attached hydrogens (tertiary/aromatic N) is 3. The molecular weight excluding hydrogens is 262 g/mol. The summed E-state index contributed by atoms with van der Waals surface area (Å²) < 4.78 is 5.81. The third kappa shape index (κ3) is 2.51. The van der Waals surface area contributed by atoms with Gasteiger partial charge in [0.25, 0.3) is 0 Å². The van der Waals surface area contributed by atoms with Crippen molar-refractivity contribution in [1.82, 2.24) is 9.88 Å². The molecule has 1 saturated heterocycles. The summed E-state index contributed by atoms with van der Waals surface area (Å²) in [6.45, 7) is 8.43. The summed E-state index contributed by atoms with van der Waals surface area (Å²) in [5.41, 5.74) is 0. The van der Waals surface area contributed by atoms with Crippen molar-refractivity contribution in [3.63, 3.8) is 0 Å². The lowest BCUT2D eigenvalue weighted by molar-refractivity contribution is 0.172. The van der Waals surface area contributed by atoms with Crippen molar-refractivity contribution in [2.24, 2.45) is 0 Å². The van der Waals surface area contributed by atoms with E-state index < -0.39 is 0 Å². The first kappa shape index (κ1) is 13.0. The number of ether oxygens (including phenoxy) is 1. The molecule has 104 valence electrons. The molecule has 3 rings (SSSR count). The molecule has 1 aromatic heterocycles. The van der Waals surface area contributed by atoms with Gasteiger partial charge in [-0.05, 0) is 13.8 Å². The van der Waals surface area contributed by atoms with Gasteiger partial charge in [-0.1, -0.05) is 11.6 Å². The minimum Gasteiger partial charge on any atom is -0.490 e. The van der Waals surface area contributed by atoms with Crippen molar-refractivity contribution < 1.29 is 4.74 Å². The molecule has 0 saturated carbocycles. The van der Waals surface area contributed by atoms with Gasteiger partial charge in [0.1, 0.15) is 0 Å². The fraction of sp³-hybridized carbons (Fsp3) is 0.643. The Morgan fingerprint density at radius 3 is 3.05 bits per heavy atom. The summed E-state index contributed by atoms with van der Waals surface area (Å²) >= 11 is 6.00. The van der Waals surface area contributed by atoms with E-state index in [-0.39, 0.29) is 0 Å². The maximum atomic E-state index is 6.00. The van der Waals surface area contributed by atoms with Gasteiger partial charge in [0.2, 0.25) is 0 Å².